The SMILES string of the molecule is COc1ccc2cc3c(N)nn(C(=O)Cn4nc(C)c([N+](=O)[O-])c4C)c3nc2c1. The summed E-state index contributed by atoms with van der Waals surface area (Å²) >= 11 is 0. The highest BCUT2D eigenvalue weighted by Gasteiger charge is 2.24. The van der Waals surface area contributed by atoms with Gasteiger partial charge < -0.3 is 10.5 Å². The predicted octanol–water partition coefficient (Wildman–Crippen LogP) is 2.24. The maximum absolute atomic E-state index is 12.9. The average Bonchev–Trinajstić information content (AvgIpc) is 3.15. The van der Waals surface area contributed by atoms with Gasteiger partial charge in [-0.15, -0.1) is 5.10 Å². The summed E-state index contributed by atoms with van der Waals surface area (Å²) in [6.07, 6.45) is 0. The molecule has 11 heteroatoms. The van der Waals surface area contributed by atoms with E-state index in [9.17, 15) is 14.9 Å². The van der Waals surface area contributed by atoms with Gasteiger partial charge in [-0.25, -0.2) is 4.98 Å². The molecule has 29 heavy (non-hydrogen) atoms. The number of nitrogens with zero attached hydrogens (tertiary/aromatic N) is 6. The summed E-state index contributed by atoms with van der Waals surface area (Å²) in [6.45, 7) is 2.82. The van der Waals surface area contributed by atoms with E-state index in [0.717, 1.165) is 10.1 Å². The second kappa shape index (κ2) is 6.55. The van der Waals surface area contributed by atoms with Crippen LogP contribution in [0.15, 0.2) is 24.3 Å². The Morgan fingerprint density at radius 1 is 1.28 bits per heavy atom. The van der Waals surface area contributed by atoms with Crippen molar-refractivity contribution >= 4 is 39.3 Å². The zero-order valence-electron chi connectivity index (χ0n) is 15.9. The Balaban J connectivity index is 1.79. The lowest BCUT2D eigenvalue weighted by Gasteiger charge is -2.05. The number of benzene rings is 1. The summed E-state index contributed by atoms with van der Waals surface area (Å²) in [5, 5.41) is 20.8. The number of nitro groups is 1. The first-order valence-corrected chi connectivity index (χ1v) is 8.64. The molecule has 0 saturated heterocycles. The van der Waals surface area contributed by atoms with Gasteiger partial charge in [0.1, 0.15) is 23.7 Å². The fraction of sp³-hybridized carbons (Fsp3) is 0.222. The van der Waals surface area contributed by atoms with Crippen LogP contribution in [0.5, 0.6) is 5.75 Å². The van der Waals surface area contributed by atoms with Gasteiger partial charge in [0.05, 0.1) is 22.9 Å². The number of nitrogens with two attached hydrogens (primary N) is 1. The van der Waals surface area contributed by atoms with Crippen LogP contribution in [-0.4, -0.2) is 42.5 Å². The van der Waals surface area contributed by atoms with Crippen LogP contribution in [0.25, 0.3) is 21.9 Å². The first-order chi connectivity index (χ1) is 13.8. The summed E-state index contributed by atoms with van der Waals surface area (Å²) in [5.74, 6) is 0.324. The monoisotopic (exact) mass is 395 g/mol. The van der Waals surface area contributed by atoms with Crippen molar-refractivity contribution in [1.29, 1.82) is 0 Å². The second-order valence-electron chi connectivity index (χ2n) is 6.54. The van der Waals surface area contributed by atoms with Gasteiger partial charge in [0.25, 0.3) is 5.91 Å². The van der Waals surface area contributed by atoms with Crippen molar-refractivity contribution in [2.24, 2.45) is 0 Å². The number of nitrogen functional groups attached to an aromatic ring is 1. The lowest BCUT2D eigenvalue weighted by molar-refractivity contribution is -0.386. The van der Waals surface area contributed by atoms with Gasteiger partial charge in [-0.1, -0.05) is 0 Å². The Morgan fingerprint density at radius 3 is 2.69 bits per heavy atom. The maximum atomic E-state index is 12.9. The van der Waals surface area contributed by atoms with E-state index in [2.05, 4.69) is 15.2 Å². The normalized spacial score (nSPS) is 11.3. The minimum atomic E-state index is -0.513. The zero-order chi connectivity index (χ0) is 20.9. The molecule has 0 unspecified atom stereocenters. The van der Waals surface area contributed by atoms with E-state index in [0.29, 0.717) is 22.3 Å². The molecule has 0 bridgehead atoms. The molecule has 148 valence electrons. The van der Waals surface area contributed by atoms with Crippen molar-refractivity contribution in [3.8, 4) is 5.75 Å². The molecular weight excluding hydrogens is 378 g/mol. The molecule has 0 fully saturated rings. The Kier molecular flexibility index (Phi) is 4.14. The largest absolute Gasteiger partial charge is 0.497 e. The third-order valence-electron chi connectivity index (χ3n) is 4.74. The molecule has 1 aromatic carbocycles. The average molecular weight is 395 g/mol. The quantitative estimate of drug-likeness (QED) is 0.409. The van der Waals surface area contributed by atoms with Crippen molar-refractivity contribution < 1.29 is 14.5 Å². The van der Waals surface area contributed by atoms with Crippen molar-refractivity contribution in [3.63, 3.8) is 0 Å². The molecule has 3 heterocycles. The number of rotatable bonds is 4. The van der Waals surface area contributed by atoms with E-state index >= 15 is 0 Å². The van der Waals surface area contributed by atoms with E-state index < -0.39 is 10.8 Å². The number of pyridine rings is 1. The Labute approximate surface area is 163 Å². The summed E-state index contributed by atoms with van der Waals surface area (Å²) in [4.78, 5) is 28.1. The van der Waals surface area contributed by atoms with Crippen molar-refractivity contribution in [2.45, 2.75) is 20.4 Å². The molecule has 0 aliphatic heterocycles. The molecular formula is C18H17N7O4. The van der Waals surface area contributed by atoms with E-state index in [4.69, 9.17) is 10.5 Å². The second-order valence-corrected chi connectivity index (χ2v) is 6.54. The van der Waals surface area contributed by atoms with Crippen molar-refractivity contribution in [1.82, 2.24) is 24.5 Å². The number of methoxy groups -OCH3 is 1. The molecule has 4 aromatic rings. The molecule has 11 nitrogen and oxygen atoms in total. The zero-order valence-corrected chi connectivity index (χ0v) is 15.9. The third-order valence-corrected chi connectivity index (χ3v) is 4.74. The smallest absolute Gasteiger partial charge is 0.312 e. The van der Waals surface area contributed by atoms with E-state index in [1.165, 1.54) is 11.6 Å². The number of carbonyl (C=O) groups is 1. The number of anilines is 1. The standard InChI is InChI=1S/C18H17N7O4/c1-9-16(25(27)28)10(2)23(21-9)8-15(26)24-18-13(17(19)22-24)6-11-4-5-12(29-3)7-14(11)20-18/h4-7H,8H2,1-3H3,(H2,19,22). The topological polar surface area (TPSA) is 144 Å². The summed E-state index contributed by atoms with van der Waals surface area (Å²) in [7, 11) is 1.55. The van der Waals surface area contributed by atoms with Gasteiger partial charge in [0.15, 0.2) is 11.5 Å². The Morgan fingerprint density at radius 2 is 2.03 bits per heavy atom. The van der Waals surface area contributed by atoms with Crippen LogP contribution in [0.1, 0.15) is 16.2 Å². The fourth-order valence-corrected chi connectivity index (χ4v) is 3.30. The van der Waals surface area contributed by atoms with Crippen LogP contribution in [0.2, 0.25) is 0 Å². The lowest BCUT2D eigenvalue weighted by Crippen LogP contribution is -2.21. The number of hydrogen-bond acceptors (Lipinski definition) is 8. The summed E-state index contributed by atoms with van der Waals surface area (Å²) in [5.41, 5.74) is 7.32. The minimum absolute atomic E-state index is 0.112. The number of ether oxygens (including phenoxy) is 1. The maximum Gasteiger partial charge on any atom is 0.312 e. The number of carbonyl (C=O) groups excluding carboxylic acids is 1. The van der Waals surface area contributed by atoms with Gasteiger partial charge in [0.2, 0.25) is 0 Å². The Bertz CT molecular complexity index is 1310. The fourth-order valence-electron chi connectivity index (χ4n) is 3.30. The van der Waals surface area contributed by atoms with E-state index in [-0.39, 0.29) is 29.4 Å². The first-order valence-electron chi connectivity index (χ1n) is 8.64. The summed E-state index contributed by atoms with van der Waals surface area (Å²) in [6, 6.07) is 7.19. The van der Waals surface area contributed by atoms with Crippen LogP contribution in [-0.2, 0) is 6.54 Å². The number of fused-ring (bicyclic) bond motifs is 2. The number of aromatic nitrogens is 5. The highest BCUT2D eigenvalue weighted by molar-refractivity contribution is 6.00. The number of hydrogen-bond donors (Lipinski definition) is 1. The van der Waals surface area contributed by atoms with Crippen LogP contribution < -0.4 is 10.5 Å². The van der Waals surface area contributed by atoms with Crippen molar-refractivity contribution in [3.05, 3.63) is 45.8 Å². The van der Waals surface area contributed by atoms with E-state index in [1.54, 1.807) is 32.2 Å². The molecule has 3 aromatic heterocycles. The molecule has 0 spiro atoms. The van der Waals surface area contributed by atoms with Crippen LogP contribution >= 0.6 is 0 Å². The molecule has 2 N–H and O–H groups in total. The molecule has 0 atom stereocenters. The number of aryl methyl sites for hydroxylation is 1. The van der Waals surface area contributed by atoms with Crippen molar-refractivity contribution in [2.75, 3.05) is 12.8 Å². The van der Waals surface area contributed by atoms with Gasteiger partial charge in [0, 0.05) is 11.5 Å². The van der Waals surface area contributed by atoms with Gasteiger partial charge in [-0.05, 0) is 32.0 Å². The predicted molar refractivity (Wildman–Crippen MR) is 105 cm³/mol. The van der Waals surface area contributed by atoms with Gasteiger partial charge >= 0.3 is 5.69 Å². The van der Waals surface area contributed by atoms with Crippen LogP contribution in [0, 0.1) is 24.0 Å². The highest BCUT2D eigenvalue weighted by atomic mass is 16.6. The molecule has 0 aliphatic rings. The molecule has 0 radical (unpaired) electrons. The van der Waals surface area contributed by atoms with Crippen LogP contribution in [0.3, 0.4) is 0 Å². The summed E-state index contributed by atoms with van der Waals surface area (Å²) < 4.78 is 7.61. The molecule has 0 aliphatic carbocycles. The lowest BCUT2D eigenvalue weighted by atomic mass is 10.2. The first kappa shape index (κ1) is 18.3. The Hall–Kier alpha value is -4.02. The van der Waals surface area contributed by atoms with Gasteiger partial charge in [-0.2, -0.15) is 9.78 Å². The molecule has 0 amide bonds. The molecule has 0 saturated carbocycles. The van der Waals surface area contributed by atoms with Crippen LogP contribution in [0.4, 0.5) is 11.5 Å². The third kappa shape index (κ3) is 2.92. The molecule has 4 rings (SSSR count). The van der Waals surface area contributed by atoms with E-state index in [1.807, 2.05) is 6.07 Å². The minimum Gasteiger partial charge on any atom is -0.497 e. The van der Waals surface area contributed by atoms with Gasteiger partial charge in [-0.3, -0.25) is 19.6 Å². The highest BCUT2D eigenvalue weighted by Crippen LogP contribution is 2.27.